The van der Waals surface area contributed by atoms with Crippen LogP contribution in [-0.2, 0) is 10.0 Å². The zero-order valence-electron chi connectivity index (χ0n) is 8.26. The van der Waals surface area contributed by atoms with Crippen LogP contribution in [0, 0.1) is 11.3 Å². The molecule has 7 heteroatoms. The first-order chi connectivity index (χ1) is 7.39. The first-order valence-electron chi connectivity index (χ1n) is 4.15. The first kappa shape index (κ1) is 12.4. The van der Waals surface area contributed by atoms with Crippen molar-refractivity contribution in [3.05, 3.63) is 29.8 Å². The normalized spacial score (nSPS) is 11.2. The van der Waals surface area contributed by atoms with Crippen molar-refractivity contribution in [1.29, 1.82) is 5.26 Å². The van der Waals surface area contributed by atoms with E-state index in [1.54, 1.807) is 6.07 Å². The summed E-state index contributed by atoms with van der Waals surface area (Å²) in [4.78, 5) is 0. The summed E-state index contributed by atoms with van der Waals surface area (Å²) in [5.41, 5.74) is 0.230. The summed E-state index contributed by atoms with van der Waals surface area (Å²) in [6.45, 7) is 0. The lowest BCUT2D eigenvalue weighted by Crippen LogP contribution is -2.31. The largest absolute Gasteiger partial charge is 0.355 e. The van der Waals surface area contributed by atoms with Crippen molar-refractivity contribution in [3.8, 4) is 6.07 Å². The number of rotatable bonds is 3. The molecule has 0 saturated carbocycles. The first-order valence-corrected chi connectivity index (χ1v) is 5.66. The van der Waals surface area contributed by atoms with Crippen molar-refractivity contribution in [2.24, 2.45) is 0 Å². The summed E-state index contributed by atoms with van der Waals surface area (Å²) in [6, 6.07) is 7.22. The van der Waals surface area contributed by atoms with Crippen molar-refractivity contribution in [2.45, 2.75) is 5.76 Å². The quantitative estimate of drug-likeness (QED) is 0.812. The molecule has 0 unspecified atom stereocenters. The highest BCUT2D eigenvalue weighted by atomic mass is 32.2. The second-order valence-corrected chi connectivity index (χ2v) is 4.87. The summed E-state index contributed by atoms with van der Waals surface area (Å²) in [5, 5.41) is 8.59. The fraction of sp³-hybridized carbons (Fsp3) is 0.222. The highest BCUT2D eigenvalue weighted by Crippen LogP contribution is 2.20. The molecule has 0 aliphatic heterocycles. The molecular weight excluding hydrogens is 238 g/mol. The van der Waals surface area contributed by atoms with Crippen molar-refractivity contribution < 1.29 is 17.2 Å². The third-order valence-corrected chi connectivity index (χ3v) is 3.37. The van der Waals surface area contributed by atoms with Gasteiger partial charge in [-0.25, -0.2) is 8.42 Å². The molecule has 1 aromatic rings. The van der Waals surface area contributed by atoms with Gasteiger partial charge in [-0.2, -0.15) is 14.0 Å². The van der Waals surface area contributed by atoms with Crippen LogP contribution in [0.1, 0.15) is 5.56 Å². The summed E-state index contributed by atoms with van der Waals surface area (Å²) in [5.74, 6) is -3.48. The molecule has 1 aromatic carbocycles. The van der Waals surface area contributed by atoms with Crippen molar-refractivity contribution in [2.75, 3.05) is 11.4 Å². The lowest BCUT2D eigenvalue weighted by atomic mass is 10.2. The summed E-state index contributed by atoms with van der Waals surface area (Å²) >= 11 is 0. The van der Waals surface area contributed by atoms with E-state index in [9.17, 15) is 17.2 Å². The topological polar surface area (TPSA) is 61.2 Å². The minimum Gasteiger partial charge on any atom is -0.269 e. The number of anilines is 1. The van der Waals surface area contributed by atoms with Gasteiger partial charge >= 0.3 is 5.76 Å². The van der Waals surface area contributed by atoms with Crippen LogP contribution in [0.2, 0.25) is 0 Å². The lowest BCUT2D eigenvalue weighted by Gasteiger charge is -2.18. The van der Waals surface area contributed by atoms with Crippen molar-refractivity contribution in [3.63, 3.8) is 0 Å². The smallest absolute Gasteiger partial charge is 0.269 e. The maximum absolute atomic E-state index is 12.2. The molecule has 1 rings (SSSR count). The third-order valence-electron chi connectivity index (χ3n) is 1.95. The molecule has 0 amide bonds. The van der Waals surface area contributed by atoms with Gasteiger partial charge < -0.3 is 0 Å². The highest BCUT2D eigenvalue weighted by molar-refractivity contribution is 7.93. The molecule has 86 valence electrons. The SMILES string of the molecule is CN(c1cccc(C#N)c1)S(=O)(=O)C(F)F. The fourth-order valence-electron chi connectivity index (χ4n) is 1.04. The number of alkyl halides is 2. The maximum atomic E-state index is 12.2. The predicted molar refractivity (Wildman–Crippen MR) is 54.5 cm³/mol. The standard InChI is InChI=1S/C9H8F2N2O2S/c1-13(16(14,15)9(10)11)8-4-2-3-7(5-8)6-12/h2-5,9H,1H3. The summed E-state index contributed by atoms with van der Waals surface area (Å²) < 4.78 is 47.2. The van der Waals surface area contributed by atoms with E-state index < -0.39 is 15.8 Å². The van der Waals surface area contributed by atoms with E-state index in [1.165, 1.54) is 24.3 Å². The van der Waals surface area contributed by atoms with Crippen molar-refractivity contribution in [1.82, 2.24) is 0 Å². The number of nitrogens with zero attached hydrogens (tertiary/aromatic N) is 2. The average Bonchev–Trinajstić information content (AvgIpc) is 2.27. The van der Waals surface area contributed by atoms with Gasteiger partial charge in [0.05, 0.1) is 17.3 Å². The van der Waals surface area contributed by atoms with E-state index in [1.807, 2.05) is 0 Å². The Balaban J connectivity index is 3.16. The predicted octanol–water partition coefficient (Wildman–Crippen LogP) is 1.55. The number of hydrogen-bond donors (Lipinski definition) is 0. The Labute approximate surface area is 91.8 Å². The lowest BCUT2D eigenvalue weighted by molar-refractivity contribution is 0.234. The van der Waals surface area contributed by atoms with Gasteiger partial charge in [0.15, 0.2) is 0 Å². The molecule has 0 aliphatic carbocycles. The molecule has 0 aliphatic rings. The van der Waals surface area contributed by atoms with Gasteiger partial charge in [-0.3, -0.25) is 4.31 Å². The zero-order valence-corrected chi connectivity index (χ0v) is 9.08. The van der Waals surface area contributed by atoms with Gasteiger partial charge in [0.25, 0.3) is 10.0 Å². The zero-order chi connectivity index (χ0) is 12.3. The molecule has 0 atom stereocenters. The van der Waals surface area contributed by atoms with Crippen LogP contribution >= 0.6 is 0 Å². The molecule has 0 radical (unpaired) electrons. The molecule has 0 saturated heterocycles. The van der Waals surface area contributed by atoms with E-state index in [0.717, 1.165) is 7.05 Å². The molecule has 0 aromatic heterocycles. The molecule has 0 heterocycles. The van der Waals surface area contributed by atoms with E-state index in [0.29, 0.717) is 4.31 Å². The van der Waals surface area contributed by atoms with Gasteiger partial charge in [-0.1, -0.05) is 6.07 Å². The number of hydrogen-bond acceptors (Lipinski definition) is 3. The molecule has 0 bridgehead atoms. The van der Waals surface area contributed by atoms with Crippen LogP contribution < -0.4 is 4.31 Å². The Hall–Kier alpha value is -1.68. The highest BCUT2D eigenvalue weighted by Gasteiger charge is 2.29. The second kappa shape index (κ2) is 4.45. The Kier molecular flexibility index (Phi) is 3.44. The minimum absolute atomic E-state index is 0.0272. The average molecular weight is 246 g/mol. The van der Waals surface area contributed by atoms with Gasteiger partial charge in [0.2, 0.25) is 0 Å². The monoisotopic (exact) mass is 246 g/mol. The van der Waals surface area contributed by atoms with Gasteiger partial charge in [-0.05, 0) is 18.2 Å². The van der Waals surface area contributed by atoms with E-state index in [-0.39, 0.29) is 11.3 Å². The molecular formula is C9H8F2N2O2S. The van der Waals surface area contributed by atoms with Crippen molar-refractivity contribution >= 4 is 15.7 Å². The third kappa shape index (κ3) is 2.28. The molecule has 0 N–H and O–H groups in total. The minimum atomic E-state index is -4.66. The van der Waals surface area contributed by atoms with Crippen LogP contribution in [0.5, 0.6) is 0 Å². The summed E-state index contributed by atoms with van der Waals surface area (Å²) in [6.07, 6.45) is 0. The molecule has 0 spiro atoms. The van der Waals surface area contributed by atoms with E-state index in [4.69, 9.17) is 5.26 Å². The van der Waals surface area contributed by atoms with Crippen LogP contribution in [0.4, 0.5) is 14.5 Å². The second-order valence-electron chi connectivity index (χ2n) is 2.94. The number of halogens is 2. The summed E-state index contributed by atoms with van der Waals surface area (Å²) in [7, 11) is -3.65. The fourth-order valence-corrected chi connectivity index (χ4v) is 1.68. The molecule has 0 fully saturated rings. The van der Waals surface area contributed by atoms with Gasteiger partial charge in [-0.15, -0.1) is 0 Å². The van der Waals surface area contributed by atoms with Crippen LogP contribution in [0.15, 0.2) is 24.3 Å². The number of nitriles is 1. The maximum Gasteiger partial charge on any atom is 0.355 e. The van der Waals surface area contributed by atoms with E-state index >= 15 is 0 Å². The Morgan fingerprint density at radius 1 is 1.44 bits per heavy atom. The van der Waals surface area contributed by atoms with E-state index in [2.05, 4.69) is 0 Å². The van der Waals surface area contributed by atoms with Crippen LogP contribution in [-0.4, -0.2) is 21.2 Å². The number of benzene rings is 1. The molecule has 16 heavy (non-hydrogen) atoms. The molecule has 4 nitrogen and oxygen atoms in total. The Morgan fingerprint density at radius 2 is 2.06 bits per heavy atom. The van der Waals surface area contributed by atoms with Crippen LogP contribution in [0.3, 0.4) is 0 Å². The number of sulfonamides is 1. The Bertz CT molecular complexity index is 523. The van der Waals surface area contributed by atoms with Crippen LogP contribution in [0.25, 0.3) is 0 Å². The van der Waals surface area contributed by atoms with Gasteiger partial charge in [0, 0.05) is 7.05 Å². The van der Waals surface area contributed by atoms with Gasteiger partial charge in [0.1, 0.15) is 0 Å². The Morgan fingerprint density at radius 3 is 2.56 bits per heavy atom.